The van der Waals surface area contributed by atoms with Gasteiger partial charge < -0.3 is 10.5 Å². The lowest BCUT2D eigenvalue weighted by Gasteiger charge is -2.16. The first-order valence-electron chi connectivity index (χ1n) is 6.57. The second kappa shape index (κ2) is 5.27. The van der Waals surface area contributed by atoms with Crippen LogP contribution in [0, 0.1) is 6.92 Å². The first-order valence-corrected chi connectivity index (χ1v) is 7.45. The highest BCUT2D eigenvalue weighted by Gasteiger charge is 2.17. The van der Waals surface area contributed by atoms with Gasteiger partial charge in [-0.05, 0) is 35.4 Å². The molecular formula is C17H17NOS. The van der Waals surface area contributed by atoms with Gasteiger partial charge in [-0.25, -0.2) is 0 Å². The van der Waals surface area contributed by atoms with E-state index in [0.717, 1.165) is 16.9 Å². The van der Waals surface area contributed by atoms with Crippen molar-refractivity contribution in [3.63, 3.8) is 0 Å². The van der Waals surface area contributed by atoms with E-state index < -0.39 is 0 Å². The maximum Gasteiger partial charge on any atom is 0.123 e. The Hall–Kier alpha value is -1.84. The third-order valence-electron chi connectivity index (χ3n) is 3.57. The quantitative estimate of drug-likeness (QED) is 0.779. The third-order valence-corrected chi connectivity index (χ3v) is 4.55. The third kappa shape index (κ3) is 2.19. The summed E-state index contributed by atoms with van der Waals surface area (Å²) in [6, 6.07) is 14.3. The molecule has 2 aromatic carbocycles. The second-order valence-electron chi connectivity index (χ2n) is 4.91. The largest absolute Gasteiger partial charge is 0.496 e. The molecule has 1 aromatic heterocycles. The summed E-state index contributed by atoms with van der Waals surface area (Å²) in [5.74, 6) is 0.846. The monoisotopic (exact) mass is 283 g/mol. The van der Waals surface area contributed by atoms with Crippen LogP contribution < -0.4 is 10.5 Å². The standard InChI is InChI=1S/C17H17NOS/c1-11-7-8-15(19-2)13(9-11)17(18)14-10-20-16-6-4-3-5-12(14)16/h3-10,17H,18H2,1-2H3. The molecule has 20 heavy (non-hydrogen) atoms. The van der Waals surface area contributed by atoms with E-state index in [2.05, 4.69) is 42.6 Å². The van der Waals surface area contributed by atoms with Gasteiger partial charge in [0.05, 0.1) is 13.2 Å². The zero-order chi connectivity index (χ0) is 14.1. The molecule has 0 saturated heterocycles. The fraction of sp³-hybridized carbons (Fsp3) is 0.176. The first kappa shape index (κ1) is 13.2. The predicted octanol–water partition coefficient (Wildman–Crippen LogP) is 4.27. The summed E-state index contributed by atoms with van der Waals surface area (Å²) in [5.41, 5.74) is 9.89. The molecule has 0 aliphatic heterocycles. The number of fused-ring (bicyclic) bond motifs is 1. The molecule has 2 N–H and O–H groups in total. The molecule has 1 heterocycles. The first-order chi connectivity index (χ1) is 9.70. The van der Waals surface area contributed by atoms with E-state index in [1.807, 2.05) is 12.1 Å². The number of benzene rings is 2. The average molecular weight is 283 g/mol. The van der Waals surface area contributed by atoms with E-state index in [0.29, 0.717) is 0 Å². The minimum Gasteiger partial charge on any atom is -0.496 e. The Balaban J connectivity index is 2.13. The van der Waals surface area contributed by atoms with Crippen molar-refractivity contribution in [3.8, 4) is 5.75 Å². The molecule has 0 spiro atoms. The molecule has 0 fully saturated rings. The van der Waals surface area contributed by atoms with Crippen LogP contribution in [-0.4, -0.2) is 7.11 Å². The normalized spacial score (nSPS) is 12.6. The van der Waals surface area contributed by atoms with Crippen LogP contribution in [0.5, 0.6) is 5.75 Å². The molecule has 0 aliphatic rings. The number of aryl methyl sites for hydroxylation is 1. The molecule has 0 saturated carbocycles. The number of methoxy groups -OCH3 is 1. The predicted molar refractivity (Wildman–Crippen MR) is 85.6 cm³/mol. The van der Waals surface area contributed by atoms with Crippen molar-refractivity contribution in [3.05, 3.63) is 64.5 Å². The minimum absolute atomic E-state index is 0.166. The highest BCUT2D eigenvalue weighted by molar-refractivity contribution is 7.17. The van der Waals surface area contributed by atoms with Crippen molar-refractivity contribution in [1.29, 1.82) is 0 Å². The lowest BCUT2D eigenvalue weighted by molar-refractivity contribution is 0.408. The Labute approximate surface area is 122 Å². The fourth-order valence-electron chi connectivity index (χ4n) is 2.50. The van der Waals surface area contributed by atoms with Gasteiger partial charge in [0.1, 0.15) is 5.75 Å². The molecule has 3 rings (SSSR count). The molecule has 0 radical (unpaired) electrons. The summed E-state index contributed by atoms with van der Waals surface area (Å²) in [4.78, 5) is 0. The molecule has 3 aromatic rings. The van der Waals surface area contributed by atoms with Crippen molar-refractivity contribution in [1.82, 2.24) is 0 Å². The molecule has 0 aliphatic carbocycles. The van der Waals surface area contributed by atoms with Crippen LogP contribution in [0.15, 0.2) is 47.8 Å². The van der Waals surface area contributed by atoms with Crippen molar-refractivity contribution >= 4 is 21.4 Å². The maximum absolute atomic E-state index is 6.50. The van der Waals surface area contributed by atoms with Gasteiger partial charge in [-0.3, -0.25) is 0 Å². The number of hydrogen-bond acceptors (Lipinski definition) is 3. The van der Waals surface area contributed by atoms with E-state index >= 15 is 0 Å². The molecule has 0 bridgehead atoms. The van der Waals surface area contributed by atoms with E-state index in [9.17, 15) is 0 Å². The van der Waals surface area contributed by atoms with Gasteiger partial charge in [0.2, 0.25) is 0 Å². The number of rotatable bonds is 3. The summed E-state index contributed by atoms with van der Waals surface area (Å²) in [6.07, 6.45) is 0. The summed E-state index contributed by atoms with van der Waals surface area (Å²) in [6.45, 7) is 2.07. The van der Waals surface area contributed by atoms with Gasteiger partial charge in [-0.2, -0.15) is 0 Å². The summed E-state index contributed by atoms with van der Waals surface area (Å²) in [5, 5.41) is 3.38. The lowest BCUT2D eigenvalue weighted by atomic mass is 9.97. The number of thiophene rings is 1. The summed E-state index contributed by atoms with van der Waals surface area (Å²) in [7, 11) is 1.69. The molecule has 1 unspecified atom stereocenters. The van der Waals surface area contributed by atoms with Gasteiger partial charge in [-0.15, -0.1) is 11.3 Å². The Morgan fingerprint density at radius 3 is 2.70 bits per heavy atom. The van der Waals surface area contributed by atoms with E-state index in [1.54, 1.807) is 18.4 Å². The molecule has 0 amide bonds. The van der Waals surface area contributed by atoms with E-state index in [4.69, 9.17) is 10.5 Å². The summed E-state index contributed by atoms with van der Waals surface area (Å²) >= 11 is 1.73. The van der Waals surface area contributed by atoms with Gasteiger partial charge in [0.15, 0.2) is 0 Å². The highest BCUT2D eigenvalue weighted by Crippen LogP contribution is 2.35. The van der Waals surface area contributed by atoms with Crippen LogP contribution in [0.2, 0.25) is 0 Å². The van der Waals surface area contributed by atoms with E-state index in [1.165, 1.54) is 15.6 Å². The van der Waals surface area contributed by atoms with Crippen molar-refractivity contribution in [2.45, 2.75) is 13.0 Å². The van der Waals surface area contributed by atoms with Crippen LogP contribution in [-0.2, 0) is 0 Å². The maximum atomic E-state index is 6.50. The molecule has 2 nitrogen and oxygen atoms in total. The molecule has 3 heteroatoms. The number of ether oxygens (including phenoxy) is 1. The average Bonchev–Trinajstić information content (AvgIpc) is 2.90. The second-order valence-corrected chi connectivity index (χ2v) is 5.82. The molecular weight excluding hydrogens is 266 g/mol. The molecule has 1 atom stereocenters. The van der Waals surface area contributed by atoms with Crippen molar-refractivity contribution < 1.29 is 4.74 Å². The Kier molecular flexibility index (Phi) is 3.47. The van der Waals surface area contributed by atoms with Crippen LogP contribution in [0.1, 0.15) is 22.7 Å². The topological polar surface area (TPSA) is 35.2 Å². The number of hydrogen-bond donors (Lipinski definition) is 1. The van der Waals surface area contributed by atoms with E-state index in [-0.39, 0.29) is 6.04 Å². The van der Waals surface area contributed by atoms with Crippen molar-refractivity contribution in [2.75, 3.05) is 7.11 Å². The summed E-state index contributed by atoms with van der Waals surface area (Å²) < 4.78 is 6.72. The smallest absolute Gasteiger partial charge is 0.123 e. The van der Waals surface area contributed by atoms with Crippen molar-refractivity contribution in [2.24, 2.45) is 5.73 Å². The minimum atomic E-state index is -0.166. The zero-order valence-electron chi connectivity index (χ0n) is 11.6. The van der Waals surface area contributed by atoms with Gasteiger partial charge in [0, 0.05) is 10.3 Å². The van der Waals surface area contributed by atoms with Crippen LogP contribution >= 0.6 is 11.3 Å². The van der Waals surface area contributed by atoms with Gasteiger partial charge >= 0.3 is 0 Å². The Morgan fingerprint density at radius 2 is 1.90 bits per heavy atom. The van der Waals surface area contributed by atoms with Crippen LogP contribution in [0.25, 0.3) is 10.1 Å². The zero-order valence-corrected chi connectivity index (χ0v) is 12.4. The lowest BCUT2D eigenvalue weighted by Crippen LogP contribution is -2.12. The van der Waals surface area contributed by atoms with Crippen LogP contribution in [0.4, 0.5) is 0 Å². The Bertz CT molecular complexity index is 748. The van der Waals surface area contributed by atoms with Gasteiger partial charge in [-0.1, -0.05) is 35.9 Å². The Morgan fingerprint density at radius 1 is 1.10 bits per heavy atom. The number of nitrogens with two attached hydrogens (primary N) is 1. The van der Waals surface area contributed by atoms with Gasteiger partial charge in [0.25, 0.3) is 0 Å². The molecule has 102 valence electrons. The SMILES string of the molecule is COc1ccc(C)cc1C(N)c1csc2ccccc12. The van der Waals surface area contributed by atoms with Crippen LogP contribution in [0.3, 0.4) is 0 Å². The fourth-order valence-corrected chi connectivity index (χ4v) is 3.50. The highest BCUT2D eigenvalue weighted by atomic mass is 32.1.